The summed E-state index contributed by atoms with van der Waals surface area (Å²) in [5, 5.41) is 3.02. The van der Waals surface area contributed by atoms with Crippen molar-refractivity contribution in [1.82, 2.24) is 9.97 Å². The number of hydrogen-bond acceptors (Lipinski definition) is 4. The highest BCUT2D eigenvalue weighted by atomic mass is 16.5. The first kappa shape index (κ1) is 13.9. The van der Waals surface area contributed by atoms with Crippen LogP contribution in [0.25, 0.3) is 0 Å². The van der Waals surface area contributed by atoms with Crippen LogP contribution in [0.3, 0.4) is 0 Å². The molecular formula is C13H23N3O. The van der Waals surface area contributed by atoms with Crippen LogP contribution in [0.2, 0.25) is 0 Å². The molecule has 0 bridgehead atoms. The summed E-state index contributed by atoms with van der Waals surface area (Å²) in [6, 6.07) is 1.92. The van der Waals surface area contributed by atoms with E-state index in [9.17, 15) is 0 Å². The smallest absolute Gasteiger partial charge is 0.156 e. The molecule has 0 aliphatic carbocycles. The van der Waals surface area contributed by atoms with E-state index in [1.54, 1.807) is 0 Å². The van der Waals surface area contributed by atoms with Crippen LogP contribution in [0.4, 0.5) is 5.82 Å². The van der Waals surface area contributed by atoms with Crippen LogP contribution in [-0.4, -0.2) is 23.6 Å². The lowest BCUT2D eigenvalue weighted by atomic mass is 10.1. The standard InChI is InChI=1S/C13H23N3O/c1-10(2)6-5-7-17-9-13-15-11(3)8-12(14-4)16-13/h8,10H,5-7,9H2,1-4H3,(H,14,15,16). The van der Waals surface area contributed by atoms with Crippen molar-refractivity contribution in [3.63, 3.8) is 0 Å². The summed E-state index contributed by atoms with van der Waals surface area (Å²) in [6.07, 6.45) is 2.30. The Balaban J connectivity index is 2.33. The molecule has 1 aromatic heterocycles. The highest BCUT2D eigenvalue weighted by molar-refractivity contribution is 5.34. The molecule has 0 atom stereocenters. The maximum atomic E-state index is 5.57. The number of rotatable bonds is 7. The number of nitrogens with zero attached hydrogens (tertiary/aromatic N) is 2. The lowest BCUT2D eigenvalue weighted by Gasteiger charge is -2.07. The minimum Gasteiger partial charge on any atom is -0.373 e. The molecule has 17 heavy (non-hydrogen) atoms. The Hall–Kier alpha value is -1.16. The Labute approximate surface area is 104 Å². The fraction of sp³-hybridized carbons (Fsp3) is 0.692. The highest BCUT2D eigenvalue weighted by Crippen LogP contribution is 2.07. The van der Waals surface area contributed by atoms with Crippen molar-refractivity contribution in [3.8, 4) is 0 Å². The van der Waals surface area contributed by atoms with Crippen LogP contribution in [0, 0.1) is 12.8 Å². The summed E-state index contributed by atoms with van der Waals surface area (Å²) < 4.78 is 5.57. The fourth-order valence-electron chi connectivity index (χ4n) is 1.58. The lowest BCUT2D eigenvalue weighted by Crippen LogP contribution is -2.05. The highest BCUT2D eigenvalue weighted by Gasteiger charge is 2.01. The molecule has 1 N–H and O–H groups in total. The van der Waals surface area contributed by atoms with Gasteiger partial charge >= 0.3 is 0 Å². The molecule has 0 amide bonds. The van der Waals surface area contributed by atoms with Gasteiger partial charge in [-0.3, -0.25) is 0 Å². The Bertz CT molecular complexity index is 339. The molecule has 0 unspecified atom stereocenters. The number of anilines is 1. The van der Waals surface area contributed by atoms with Gasteiger partial charge in [-0.2, -0.15) is 0 Å². The molecular weight excluding hydrogens is 214 g/mol. The fourth-order valence-corrected chi connectivity index (χ4v) is 1.58. The van der Waals surface area contributed by atoms with Gasteiger partial charge in [0, 0.05) is 25.4 Å². The minimum absolute atomic E-state index is 0.494. The largest absolute Gasteiger partial charge is 0.373 e. The van der Waals surface area contributed by atoms with Crippen LogP contribution in [0.15, 0.2) is 6.07 Å². The van der Waals surface area contributed by atoms with E-state index in [1.165, 1.54) is 6.42 Å². The minimum atomic E-state index is 0.494. The predicted molar refractivity (Wildman–Crippen MR) is 70.0 cm³/mol. The van der Waals surface area contributed by atoms with Gasteiger partial charge < -0.3 is 10.1 Å². The molecule has 1 rings (SSSR count). The average Bonchev–Trinajstić information content (AvgIpc) is 2.27. The monoisotopic (exact) mass is 237 g/mol. The Morgan fingerprint density at radius 1 is 1.35 bits per heavy atom. The number of aromatic nitrogens is 2. The van der Waals surface area contributed by atoms with Crippen molar-refractivity contribution in [1.29, 1.82) is 0 Å². The van der Waals surface area contributed by atoms with Gasteiger partial charge in [0.25, 0.3) is 0 Å². The summed E-state index contributed by atoms with van der Waals surface area (Å²) in [5.74, 6) is 2.34. The quantitative estimate of drug-likeness (QED) is 0.741. The summed E-state index contributed by atoms with van der Waals surface area (Å²) in [7, 11) is 1.86. The molecule has 0 aliphatic rings. The van der Waals surface area contributed by atoms with Gasteiger partial charge in [0.05, 0.1) is 0 Å². The normalized spacial score (nSPS) is 10.9. The second-order valence-electron chi connectivity index (χ2n) is 4.65. The first-order valence-electron chi connectivity index (χ1n) is 6.22. The molecule has 0 saturated carbocycles. The number of aryl methyl sites for hydroxylation is 1. The maximum absolute atomic E-state index is 5.57. The zero-order valence-electron chi connectivity index (χ0n) is 11.3. The van der Waals surface area contributed by atoms with Crippen molar-refractivity contribution in [2.75, 3.05) is 19.0 Å². The SMILES string of the molecule is CNc1cc(C)nc(COCCCC(C)C)n1. The van der Waals surface area contributed by atoms with E-state index in [0.29, 0.717) is 6.61 Å². The van der Waals surface area contributed by atoms with Crippen molar-refractivity contribution < 1.29 is 4.74 Å². The average molecular weight is 237 g/mol. The summed E-state index contributed by atoms with van der Waals surface area (Å²) in [5.41, 5.74) is 0.963. The third-order valence-corrected chi connectivity index (χ3v) is 2.46. The zero-order chi connectivity index (χ0) is 12.7. The Morgan fingerprint density at radius 2 is 2.12 bits per heavy atom. The van der Waals surface area contributed by atoms with E-state index >= 15 is 0 Å². The third-order valence-electron chi connectivity index (χ3n) is 2.46. The van der Waals surface area contributed by atoms with E-state index in [-0.39, 0.29) is 0 Å². The van der Waals surface area contributed by atoms with Crippen molar-refractivity contribution >= 4 is 5.82 Å². The van der Waals surface area contributed by atoms with Gasteiger partial charge in [-0.1, -0.05) is 13.8 Å². The van der Waals surface area contributed by atoms with E-state index in [2.05, 4.69) is 29.1 Å². The van der Waals surface area contributed by atoms with E-state index in [0.717, 1.165) is 36.3 Å². The second kappa shape index (κ2) is 7.22. The second-order valence-corrected chi connectivity index (χ2v) is 4.65. The van der Waals surface area contributed by atoms with Crippen LogP contribution in [0.1, 0.15) is 38.2 Å². The molecule has 0 aromatic carbocycles. The number of hydrogen-bond donors (Lipinski definition) is 1. The van der Waals surface area contributed by atoms with Crippen LogP contribution >= 0.6 is 0 Å². The molecule has 0 fully saturated rings. The predicted octanol–water partition coefficient (Wildman–Crippen LogP) is 2.78. The zero-order valence-corrected chi connectivity index (χ0v) is 11.3. The van der Waals surface area contributed by atoms with E-state index in [4.69, 9.17) is 4.74 Å². The van der Waals surface area contributed by atoms with Crippen LogP contribution in [0.5, 0.6) is 0 Å². The Kier molecular flexibility index (Phi) is 5.91. The first-order valence-corrected chi connectivity index (χ1v) is 6.22. The molecule has 1 aromatic rings. The molecule has 96 valence electrons. The number of ether oxygens (including phenoxy) is 1. The molecule has 4 nitrogen and oxygen atoms in total. The van der Waals surface area contributed by atoms with Gasteiger partial charge in [-0.15, -0.1) is 0 Å². The molecule has 0 aliphatic heterocycles. The molecule has 0 saturated heterocycles. The summed E-state index contributed by atoms with van der Waals surface area (Å²) in [4.78, 5) is 8.68. The summed E-state index contributed by atoms with van der Waals surface area (Å²) in [6.45, 7) is 7.69. The van der Waals surface area contributed by atoms with Crippen molar-refractivity contribution in [3.05, 3.63) is 17.6 Å². The van der Waals surface area contributed by atoms with E-state index < -0.39 is 0 Å². The van der Waals surface area contributed by atoms with Gasteiger partial charge in [-0.05, 0) is 25.7 Å². The van der Waals surface area contributed by atoms with Gasteiger partial charge in [0.1, 0.15) is 12.4 Å². The van der Waals surface area contributed by atoms with Crippen LogP contribution in [-0.2, 0) is 11.3 Å². The maximum Gasteiger partial charge on any atom is 0.156 e. The lowest BCUT2D eigenvalue weighted by molar-refractivity contribution is 0.109. The third kappa shape index (κ3) is 5.63. The van der Waals surface area contributed by atoms with E-state index in [1.807, 2.05) is 20.0 Å². The molecule has 0 radical (unpaired) electrons. The number of nitrogens with one attached hydrogen (secondary N) is 1. The van der Waals surface area contributed by atoms with Crippen LogP contribution < -0.4 is 5.32 Å². The molecule has 4 heteroatoms. The van der Waals surface area contributed by atoms with Gasteiger partial charge in [0.2, 0.25) is 0 Å². The first-order chi connectivity index (χ1) is 8.11. The topological polar surface area (TPSA) is 47.0 Å². The molecule has 0 spiro atoms. The van der Waals surface area contributed by atoms with Gasteiger partial charge in [-0.25, -0.2) is 9.97 Å². The summed E-state index contributed by atoms with van der Waals surface area (Å²) >= 11 is 0. The molecule has 1 heterocycles. The Morgan fingerprint density at radius 3 is 2.76 bits per heavy atom. The van der Waals surface area contributed by atoms with Gasteiger partial charge in [0.15, 0.2) is 5.82 Å². The van der Waals surface area contributed by atoms with Crippen molar-refractivity contribution in [2.45, 2.75) is 40.2 Å². The van der Waals surface area contributed by atoms with Crippen molar-refractivity contribution in [2.24, 2.45) is 5.92 Å².